The van der Waals surface area contributed by atoms with Crippen molar-refractivity contribution in [2.24, 2.45) is 0 Å². The SMILES string of the molecule is CN(C)CCN(Cc1ccccn1)C(=O)C[C@H]1CCc2ccccc21. The maximum absolute atomic E-state index is 13.0. The van der Waals surface area contributed by atoms with E-state index in [0.29, 0.717) is 18.9 Å². The number of hydrogen-bond acceptors (Lipinski definition) is 3. The van der Waals surface area contributed by atoms with E-state index in [4.69, 9.17) is 0 Å². The molecular formula is C21H27N3O. The molecule has 1 amide bonds. The zero-order valence-corrected chi connectivity index (χ0v) is 15.2. The zero-order chi connectivity index (χ0) is 17.6. The number of likely N-dealkylation sites (N-methyl/N-ethyl adjacent to an activating group) is 1. The zero-order valence-electron chi connectivity index (χ0n) is 15.2. The highest BCUT2D eigenvalue weighted by Crippen LogP contribution is 2.35. The number of fused-ring (bicyclic) bond motifs is 1. The van der Waals surface area contributed by atoms with E-state index >= 15 is 0 Å². The molecule has 0 unspecified atom stereocenters. The molecule has 1 aromatic carbocycles. The summed E-state index contributed by atoms with van der Waals surface area (Å²) in [7, 11) is 4.08. The lowest BCUT2D eigenvalue weighted by molar-refractivity contribution is -0.132. The first-order valence-electron chi connectivity index (χ1n) is 9.03. The van der Waals surface area contributed by atoms with Crippen molar-refractivity contribution >= 4 is 5.91 Å². The molecule has 4 heteroatoms. The van der Waals surface area contributed by atoms with Gasteiger partial charge in [-0.3, -0.25) is 9.78 Å². The third-order valence-electron chi connectivity index (χ3n) is 4.93. The largest absolute Gasteiger partial charge is 0.335 e. The van der Waals surface area contributed by atoms with Gasteiger partial charge in [0.2, 0.25) is 5.91 Å². The fourth-order valence-corrected chi connectivity index (χ4v) is 3.50. The number of aromatic nitrogens is 1. The van der Waals surface area contributed by atoms with Gasteiger partial charge in [0.05, 0.1) is 12.2 Å². The summed E-state index contributed by atoms with van der Waals surface area (Å²) in [5.74, 6) is 0.587. The Kier molecular flexibility index (Phi) is 5.82. The van der Waals surface area contributed by atoms with Gasteiger partial charge in [-0.25, -0.2) is 0 Å². The standard InChI is InChI=1S/C21H27N3O/c1-23(2)13-14-24(16-19-8-5-6-12-22-19)21(25)15-18-11-10-17-7-3-4-9-20(17)18/h3-9,12,18H,10-11,13-16H2,1-2H3/t18-/m1/s1. The molecule has 4 nitrogen and oxygen atoms in total. The Morgan fingerprint density at radius 1 is 1.12 bits per heavy atom. The van der Waals surface area contributed by atoms with Gasteiger partial charge in [0, 0.05) is 25.7 Å². The second kappa shape index (κ2) is 8.26. The minimum Gasteiger partial charge on any atom is -0.335 e. The number of benzene rings is 1. The first kappa shape index (κ1) is 17.6. The molecule has 0 bridgehead atoms. The van der Waals surface area contributed by atoms with Crippen LogP contribution in [0.4, 0.5) is 0 Å². The van der Waals surface area contributed by atoms with E-state index in [1.807, 2.05) is 37.2 Å². The van der Waals surface area contributed by atoms with Crippen LogP contribution in [0.25, 0.3) is 0 Å². The molecule has 0 fully saturated rings. The molecular weight excluding hydrogens is 310 g/mol. The molecule has 1 aliphatic carbocycles. The van der Waals surface area contributed by atoms with Gasteiger partial charge in [-0.05, 0) is 56.1 Å². The summed E-state index contributed by atoms with van der Waals surface area (Å²) < 4.78 is 0. The van der Waals surface area contributed by atoms with Crippen molar-refractivity contribution in [2.75, 3.05) is 27.2 Å². The molecule has 0 N–H and O–H groups in total. The number of carbonyl (C=O) groups is 1. The molecule has 1 heterocycles. The topological polar surface area (TPSA) is 36.4 Å². The molecule has 1 atom stereocenters. The second-order valence-corrected chi connectivity index (χ2v) is 7.08. The average molecular weight is 337 g/mol. The van der Waals surface area contributed by atoms with E-state index in [9.17, 15) is 4.79 Å². The lowest BCUT2D eigenvalue weighted by Crippen LogP contribution is -2.37. The van der Waals surface area contributed by atoms with E-state index in [1.165, 1.54) is 11.1 Å². The summed E-state index contributed by atoms with van der Waals surface area (Å²) in [5, 5.41) is 0. The summed E-state index contributed by atoms with van der Waals surface area (Å²) in [6, 6.07) is 14.4. The van der Waals surface area contributed by atoms with Crippen molar-refractivity contribution in [1.29, 1.82) is 0 Å². The molecule has 0 aliphatic heterocycles. The van der Waals surface area contributed by atoms with Gasteiger partial charge in [-0.2, -0.15) is 0 Å². The Labute approximate surface area is 150 Å². The number of aryl methyl sites for hydroxylation is 1. The summed E-state index contributed by atoms with van der Waals surface area (Å²) in [6.07, 6.45) is 4.55. The Morgan fingerprint density at radius 3 is 2.68 bits per heavy atom. The van der Waals surface area contributed by atoms with Gasteiger partial charge in [0.25, 0.3) is 0 Å². The summed E-state index contributed by atoms with van der Waals surface area (Å²) >= 11 is 0. The minimum absolute atomic E-state index is 0.231. The molecule has 1 aliphatic rings. The summed E-state index contributed by atoms with van der Waals surface area (Å²) in [5.41, 5.74) is 3.72. The van der Waals surface area contributed by atoms with Gasteiger partial charge in [-0.1, -0.05) is 30.3 Å². The van der Waals surface area contributed by atoms with E-state index in [2.05, 4.69) is 34.1 Å². The van der Waals surface area contributed by atoms with Gasteiger partial charge in [0.15, 0.2) is 0 Å². The van der Waals surface area contributed by atoms with Crippen LogP contribution in [0, 0.1) is 0 Å². The third kappa shape index (κ3) is 4.67. The van der Waals surface area contributed by atoms with Crippen molar-refractivity contribution in [1.82, 2.24) is 14.8 Å². The van der Waals surface area contributed by atoms with Crippen molar-refractivity contribution in [3.05, 3.63) is 65.5 Å². The highest BCUT2D eigenvalue weighted by molar-refractivity contribution is 5.77. The fraction of sp³-hybridized carbons (Fsp3) is 0.429. The number of rotatable bonds is 7. The van der Waals surface area contributed by atoms with E-state index in [1.54, 1.807) is 6.20 Å². The van der Waals surface area contributed by atoms with Crippen LogP contribution in [0.15, 0.2) is 48.7 Å². The average Bonchev–Trinajstić information content (AvgIpc) is 3.02. The lowest BCUT2D eigenvalue weighted by Gasteiger charge is -2.25. The van der Waals surface area contributed by atoms with Crippen LogP contribution < -0.4 is 0 Å². The second-order valence-electron chi connectivity index (χ2n) is 7.08. The monoisotopic (exact) mass is 337 g/mol. The molecule has 1 aromatic heterocycles. The molecule has 0 radical (unpaired) electrons. The van der Waals surface area contributed by atoms with Gasteiger partial charge < -0.3 is 9.80 Å². The maximum atomic E-state index is 13.0. The number of pyridine rings is 1. The van der Waals surface area contributed by atoms with Crippen LogP contribution in [-0.2, 0) is 17.8 Å². The number of amides is 1. The molecule has 0 spiro atoms. The smallest absolute Gasteiger partial charge is 0.223 e. The first-order chi connectivity index (χ1) is 12.1. The van der Waals surface area contributed by atoms with Crippen molar-refractivity contribution in [2.45, 2.75) is 31.7 Å². The summed E-state index contributed by atoms with van der Waals surface area (Å²) in [6.45, 7) is 2.18. The molecule has 2 aromatic rings. The Morgan fingerprint density at radius 2 is 1.92 bits per heavy atom. The fourth-order valence-electron chi connectivity index (χ4n) is 3.50. The minimum atomic E-state index is 0.231. The normalized spacial score (nSPS) is 16.0. The van der Waals surface area contributed by atoms with Crippen molar-refractivity contribution in [3.8, 4) is 0 Å². The Bertz CT molecular complexity index is 699. The number of nitrogens with zero attached hydrogens (tertiary/aromatic N) is 3. The highest BCUT2D eigenvalue weighted by atomic mass is 16.2. The van der Waals surface area contributed by atoms with Crippen molar-refractivity contribution in [3.63, 3.8) is 0 Å². The number of hydrogen-bond donors (Lipinski definition) is 0. The maximum Gasteiger partial charge on any atom is 0.223 e. The predicted molar refractivity (Wildman–Crippen MR) is 100 cm³/mol. The first-order valence-corrected chi connectivity index (χ1v) is 9.03. The van der Waals surface area contributed by atoms with E-state index < -0.39 is 0 Å². The highest BCUT2D eigenvalue weighted by Gasteiger charge is 2.26. The van der Waals surface area contributed by atoms with Crippen molar-refractivity contribution < 1.29 is 4.79 Å². The molecule has 25 heavy (non-hydrogen) atoms. The molecule has 0 saturated carbocycles. The van der Waals surface area contributed by atoms with Gasteiger partial charge in [0.1, 0.15) is 0 Å². The molecule has 3 rings (SSSR count). The van der Waals surface area contributed by atoms with E-state index in [-0.39, 0.29) is 5.91 Å². The lowest BCUT2D eigenvalue weighted by atomic mass is 9.97. The quantitative estimate of drug-likeness (QED) is 0.779. The Balaban J connectivity index is 1.68. The van der Waals surface area contributed by atoms with Crippen LogP contribution in [0.1, 0.15) is 35.6 Å². The van der Waals surface area contributed by atoms with Crippen LogP contribution in [0.3, 0.4) is 0 Å². The van der Waals surface area contributed by atoms with Crippen LogP contribution in [-0.4, -0.2) is 47.9 Å². The molecule has 0 saturated heterocycles. The van der Waals surface area contributed by atoms with Gasteiger partial charge >= 0.3 is 0 Å². The summed E-state index contributed by atoms with van der Waals surface area (Å²) in [4.78, 5) is 21.5. The Hall–Kier alpha value is -2.20. The predicted octanol–water partition coefficient (Wildman–Crippen LogP) is 3.09. The number of carbonyl (C=O) groups excluding carboxylic acids is 1. The van der Waals surface area contributed by atoms with E-state index in [0.717, 1.165) is 31.6 Å². The third-order valence-corrected chi connectivity index (χ3v) is 4.93. The molecule has 132 valence electrons. The van der Waals surface area contributed by atoms with Crippen LogP contribution in [0.5, 0.6) is 0 Å². The van der Waals surface area contributed by atoms with Crippen LogP contribution in [0.2, 0.25) is 0 Å². The van der Waals surface area contributed by atoms with Crippen LogP contribution >= 0.6 is 0 Å². The van der Waals surface area contributed by atoms with Gasteiger partial charge in [-0.15, -0.1) is 0 Å².